The lowest BCUT2D eigenvalue weighted by molar-refractivity contribution is 0.0701. The summed E-state index contributed by atoms with van der Waals surface area (Å²) in [5, 5.41) is 4.13. The Hall–Kier alpha value is -1.52. The van der Waals surface area contributed by atoms with Gasteiger partial charge in [0.1, 0.15) is 0 Å². The average Bonchev–Trinajstić information content (AvgIpc) is 2.56. The lowest BCUT2D eigenvalue weighted by Gasteiger charge is -2.31. The van der Waals surface area contributed by atoms with Crippen LogP contribution in [0.1, 0.15) is 36.7 Å². The highest BCUT2D eigenvalue weighted by atomic mass is 16.2. The Labute approximate surface area is 102 Å². The van der Waals surface area contributed by atoms with E-state index in [1.54, 1.807) is 17.9 Å². The van der Waals surface area contributed by atoms with E-state index in [9.17, 15) is 4.79 Å². The first-order valence-corrected chi connectivity index (χ1v) is 6.20. The van der Waals surface area contributed by atoms with Crippen LogP contribution in [0.5, 0.6) is 0 Å². The second kappa shape index (κ2) is 4.77. The van der Waals surface area contributed by atoms with Crippen molar-refractivity contribution in [3.63, 3.8) is 0 Å². The fraction of sp³-hybridized carbons (Fsp3) is 0.667. The van der Waals surface area contributed by atoms with Gasteiger partial charge in [0, 0.05) is 26.3 Å². The number of nitrogens with zero attached hydrogens (tertiary/aromatic N) is 3. The van der Waals surface area contributed by atoms with Crippen LogP contribution in [0.15, 0.2) is 6.20 Å². The van der Waals surface area contributed by atoms with Crippen LogP contribution in [0.4, 0.5) is 5.69 Å². The van der Waals surface area contributed by atoms with Gasteiger partial charge in [-0.05, 0) is 25.7 Å². The van der Waals surface area contributed by atoms with Crippen LogP contribution in [0, 0.1) is 5.92 Å². The van der Waals surface area contributed by atoms with Crippen molar-refractivity contribution < 1.29 is 4.79 Å². The van der Waals surface area contributed by atoms with E-state index in [-0.39, 0.29) is 5.91 Å². The highest BCUT2D eigenvalue weighted by Gasteiger charge is 2.25. The van der Waals surface area contributed by atoms with Crippen molar-refractivity contribution >= 4 is 11.6 Å². The smallest absolute Gasteiger partial charge is 0.276 e. The standard InChI is InChI=1S/C12H20N4O/c1-3-16(7-9-5-4-6-9)12(17)11-10(13)8-15(2)14-11/h8-9H,3-7,13H2,1-2H3. The van der Waals surface area contributed by atoms with Crippen molar-refractivity contribution in [2.45, 2.75) is 26.2 Å². The Kier molecular flexibility index (Phi) is 3.36. The van der Waals surface area contributed by atoms with Gasteiger partial charge in [0.2, 0.25) is 0 Å². The van der Waals surface area contributed by atoms with Gasteiger partial charge in [0.15, 0.2) is 5.69 Å². The minimum atomic E-state index is -0.0440. The molecule has 1 aliphatic carbocycles. The highest BCUT2D eigenvalue weighted by molar-refractivity contribution is 5.97. The molecule has 1 saturated carbocycles. The summed E-state index contributed by atoms with van der Waals surface area (Å²) in [6.45, 7) is 3.55. The van der Waals surface area contributed by atoms with E-state index in [1.165, 1.54) is 19.3 Å². The fourth-order valence-corrected chi connectivity index (χ4v) is 2.17. The maximum atomic E-state index is 12.3. The summed E-state index contributed by atoms with van der Waals surface area (Å²) in [7, 11) is 1.77. The molecule has 5 nitrogen and oxygen atoms in total. The molecule has 2 N–H and O–H groups in total. The van der Waals surface area contributed by atoms with Crippen LogP contribution < -0.4 is 5.73 Å². The van der Waals surface area contributed by atoms with Crippen LogP contribution in [0.3, 0.4) is 0 Å². The molecule has 0 bridgehead atoms. The predicted molar refractivity (Wildman–Crippen MR) is 66.5 cm³/mol. The van der Waals surface area contributed by atoms with Gasteiger partial charge in [0.25, 0.3) is 5.91 Å². The van der Waals surface area contributed by atoms with Gasteiger partial charge in [-0.1, -0.05) is 6.42 Å². The van der Waals surface area contributed by atoms with E-state index in [0.29, 0.717) is 23.8 Å². The lowest BCUT2D eigenvalue weighted by atomic mass is 9.85. The van der Waals surface area contributed by atoms with Crippen LogP contribution in [-0.4, -0.2) is 33.7 Å². The van der Waals surface area contributed by atoms with Crippen LogP contribution >= 0.6 is 0 Å². The number of aryl methyl sites for hydroxylation is 1. The zero-order valence-electron chi connectivity index (χ0n) is 10.5. The van der Waals surface area contributed by atoms with E-state index in [2.05, 4.69) is 5.10 Å². The van der Waals surface area contributed by atoms with Crippen LogP contribution in [0.25, 0.3) is 0 Å². The Morgan fingerprint density at radius 3 is 2.76 bits per heavy atom. The molecule has 0 atom stereocenters. The number of anilines is 1. The van der Waals surface area contributed by atoms with Crippen molar-refractivity contribution in [3.8, 4) is 0 Å². The minimum absolute atomic E-state index is 0.0440. The van der Waals surface area contributed by atoms with Gasteiger partial charge in [0.05, 0.1) is 5.69 Å². The largest absolute Gasteiger partial charge is 0.396 e. The molecule has 0 aliphatic heterocycles. The quantitative estimate of drug-likeness (QED) is 0.856. The van der Waals surface area contributed by atoms with Crippen LogP contribution in [0.2, 0.25) is 0 Å². The summed E-state index contributed by atoms with van der Waals surface area (Å²) < 4.78 is 1.58. The topological polar surface area (TPSA) is 64.2 Å². The number of nitrogen functional groups attached to an aromatic ring is 1. The number of nitrogens with two attached hydrogens (primary N) is 1. The summed E-state index contributed by atoms with van der Waals surface area (Å²) in [6.07, 6.45) is 5.44. The average molecular weight is 236 g/mol. The maximum absolute atomic E-state index is 12.3. The molecule has 0 unspecified atom stereocenters. The van der Waals surface area contributed by atoms with Crippen molar-refractivity contribution in [1.82, 2.24) is 14.7 Å². The van der Waals surface area contributed by atoms with Crippen molar-refractivity contribution in [3.05, 3.63) is 11.9 Å². The SMILES string of the molecule is CCN(CC1CCC1)C(=O)c1nn(C)cc1N. The number of amides is 1. The number of rotatable bonds is 4. The molecule has 1 fully saturated rings. The highest BCUT2D eigenvalue weighted by Crippen LogP contribution is 2.27. The molecule has 2 rings (SSSR count). The first-order chi connectivity index (χ1) is 8.11. The maximum Gasteiger partial charge on any atom is 0.276 e. The number of aromatic nitrogens is 2. The molecule has 17 heavy (non-hydrogen) atoms. The van der Waals surface area contributed by atoms with Gasteiger partial charge >= 0.3 is 0 Å². The Balaban J connectivity index is 2.07. The molecule has 0 saturated heterocycles. The molecule has 0 radical (unpaired) electrons. The lowest BCUT2D eigenvalue weighted by Crippen LogP contribution is -2.37. The first kappa shape index (κ1) is 12.0. The molecule has 1 aromatic heterocycles. The number of hydrogen-bond donors (Lipinski definition) is 1. The summed E-state index contributed by atoms with van der Waals surface area (Å²) in [6, 6.07) is 0. The monoisotopic (exact) mass is 236 g/mol. The van der Waals surface area contributed by atoms with Crippen molar-refractivity contribution in [2.75, 3.05) is 18.8 Å². The molecular formula is C12H20N4O. The second-order valence-corrected chi connectivity index (χ2v) is 4.75. The minimum Gasteiger partial charge on any atom is -0.396 e. The molecule has 1 aromatic rings. The van der Waals surface area contributed by atoms with Gasteiger partial charge < -0.3 is 10.6 Å². The predicted octanol–water partition coefficient (Wildman–Crippen LogP) is 1.26. The third-order valence-corrected chi connectivity index (χ3v) is 3.43. The van der Waals surface area contributed by atoms with E-state index in [4.69, 9.17) is 5.73 Å². The molecule has 5 heteroatoms. The number of hydrogen-bond acceptors (Lipinski definition) is 3. The van der Waals surface area contributed by atoms with E-state index in [1.807, 2.05) is 11.8 Å². The second-order valence-electron chi connectivity index (χ2n) is 4.75. The third-order valence-electron chi connectivity index (χ3n) is 3.43. The zero-order valence-corrected chi connectivity index (χ0v) is 10.5. The number of carbonyl (C=O) groups excluding carboxylic acids is 1. The van der Waals surface area contributed by atoms with E-state index < -0.39 is 0 Å². The molecule has 0 aromatic carbocycles. The molecule has 0 spiro atoms. The van der Waals surface area contributed by atoms with Gasteiger partial charge in [-0.3, -0.25) is 9.48 Å². The van der Waals surface area contributed by atoms with Gasteiger partial charge in [-0.25, -0.2) is 0 Å². The molecule has 1 amide bonds. The molecule has 1 heterocycles. The van der Waals surface area contributed by atoms with Crippen molar-refractivity contribution in [1.29, 1.82) is 0 Å². The Bertz CT molecular complexity index is 409. The fourth-order valence-electron chi connectivity index (χ4n) is 2.17. The first-order valence-electron chi connectivity index (χ1n) is 6.20. The molecule has 94 valence electrons. The van der Waals surface area contributed by atoms with Crippen LogP contribution in [-0.2, 0) is 7.05 Å². The molecular weight excluding hydrogens is 216 g/mol. The summed E-state index contributed by atoms with van der Waals surface area (Å²) in [5.74, 6) is 0.626. The summed E-state index contributed by atoms with van der Waals surface area (Å²) in [5.41, 5.74) is 6.63. The Morgan fingerprint density at radius 1 is 1.65 bits per heavy atom. The summed E-state index contributed by atoms with van der Waals surface area (Å²) >= 11 is 0. The summed E-state index contributed by atoms with van der Waals surface area (Å²) in [4.78, 5) is 14.1. The molecule has 1 aliphatic rings. The van der Waals surface area contributed by atoms with Gasteiger partial charge in [-0.15, -0.1) is 0 Å². The zero-order chi connectivity index (χ0) is 12.4. The van der Waals surface area contributed by atoms with Gasteiger partial charge in [-0.2, -0.15) is 5.10 Å². The number of carbonyl (C=O) groups is 1. The van der Waals surface area contributed by atoms with E-state index in [0.717, 1.165) is 6.54 Å². The van der Waals surface area contributed by atoms with E-state index >= 15 is 0 Å². The Morgan fingerprint density at radius 2 is 2.35 bits per heavy atom. The third kappa shape index (κ3) is 2.43. The normalized spacial score (nSPS) is 15.6. The van der Waals surface area contributed by atoms with Crippen molar-refractivity contribution in [2.24, 2.45) is 13.0 Å².